The van der Waals surface area contributed by atoms with Gasteiger partial charge in [0.1, 0.15) is 0 Å². The van der Waals surface area contributed by atoms with E-state index in [4.69, 9.17) is 0 Å². The lowest BCUT2D eigenvalue weighted by atomic mass is 10.1. The van der Waals surface area contributed by atoms with E-state index in [-0.39, 0.29) is 11.8 Å². The van der Waals surface area contributed by atoms with Gasteiger partial charge in [-0.15, -0.1) is 0 Å². The zero-order chi connectivity index (χ0) is 17.6. The van der Waals surface area contributed by atoms with Crippen LogP contribution < -0.4 is 5.32 Å². The summed E-state index contributed by atoms with van der Waals surface area (Å²) in [5, 5.41) is 7.23. The van der Waals surface area contributed by atoms with Gasteiger partial charge in [-0.1, -0.05) is 18.2 Å². The summed E-state index contributed by atoms with van der Waals surface area (Å²) in [6, 6.07) is 9.67. The van der Waals surface area contributed by atoms with E-state index in [2.05, 4.69) is 10.4 Å². The number of aromatic nitrogens is 2. The summed E-state index contributed by atoms with van der Waals surface area (Å²) in [4.78, 5) is 26.4. The Morgan fingerprint density at radius 1 is 1.12 bits per heavy atom. The highest BCUT2D eigenvalue weighted by molar-refractivity contribution is 5.95. The van der Waals surface area contributed by atoms with Crippen LogP contribution in [-0.2, 0) is 4.79 Å². The fourth-order valence-corrected chi connectivity index (χ4v) is 3.08. The maximum absolute atomic E-state index is 12.4. The number of aryl methyl sites for hydroxylation is 1. The molecule has 6 nitrogen and oxygen atoms in total. The van der Waals surface area contributed by atoms with Crippen molar-refractivity contribution in [3.63, 3.8) is 0 Å². The minimum absolute atomic E-state index is 0.122. The van der Waals surface area contributed by atoms with Crippen molar-refractivity contribution in [1.82, 2.24) is 20.0 Å². The average molecular weight is 340 g/mol. The van der Waals surface area contributed by atoms with E-state index in [0.29, 0.717) is 24.2 Å². The van der Waals surface area contributed by atoms with E-state index in [1.54, 1.807) is 10.9 Å². The first-order valence-electron chi connectivity index (χ1n) is 8.83. The molecule has 132 valence electrons. The summed E-state index contributed by atoms with van der Waals surface area (Å²) in [5.74, 6) is -0.0668. The molecule has 2 amide bonds. The number of hydrogen-bond donors (Lipinski definition) is 1. The largest absolute Gasteiger partial charge is 0.351 e. The number of rotatable bonds is 5. The third-order valence-corrected chi connectivity index (χ3v) is 4.50. The average Bonchev–Trinajstić information content (AvgIpc) is 3.05. The Kier molecular flexibility index (Phi) is 5.48. The Bertz CT molecular complexity index is 733. The van der Waals surface area contributed by atoms with Crippen LogP contribution in [0.15, 0.2) is 36.5 Å². The molecular formula is C19H24N4O2. The predicted molar refractivity (Wildman–Crippen MR) is 95.7 cm³/mol. The van der Waals surface area contributed by atoms with Crippen LogP contribution in [0.25, 0.3) is 5.69 Å². The highest BCUT2D eigenvalue weighted by Crippen LogP contribution is 2.12. The van der Waals surface area contributed by atoms with Crippen molar-refractivity contribution < 1.29 is 9.59 Å². The Morgan fingerprint density at radius 2 is 1.84 bits per heavy atom. The molecule has 2 heterocycles. The molecule has 0 aliphatic carbocycles. The van der Waals surface area contributed by atoms with Crippen LogP contribution in [0.3, 0.4) is 0 Å². The Balaban J connectivity index is 1.55. The summed E-state index contributed by atoms with van der Waals surface area (Å²) in [5.41, 5.74) is 2.11. The minimum atomic E-state index is -0.189. The molecule has 1 aromatic carbocycles. The molecular weight excluding hydrogens is 316 g/mol. The Hall–Kier alpha value is -2.63. The summed E-state index contributed by atoms with van der Waals surface area (Å²) in [6.07, 6.45) is 5.43. The number of piperidine rings is 1. The molecule has 0 atom stereocenters. The van der Waals surface area contributed by atoms with Gasteiger partial charge in [0.05, 0.1) is 16.9 Å². The van der Waals surface area contributed by atoms with Crippen molar-refractivity contribution in [3.05, 3.63) is 47.8 Å². The first-order valence-corrected chi connectivity index (χ1v) is 8.83. The van der Waals surface area contributed by atoms with Crippen LogP contribution in [0.4, 0.5) is 0 Å². The summed E-state index contributed by atoms with van der Waals surface area (Å²) in [6.45, 7) is 3.85. The second-order valence-electron chi connectivity index (χ2n) is 6.36. The van der Waals surface area contributed by atoms with Gasteiger partial charge in [-0.2, -0.15) is 5.10 Å². The number of para-hydroxylation sites is 1. The zero-order valence-corrected chi connectivity index (χ0v) is 14.6. The van der Waals surface area contributed by atoms with E-state index in [0.717, 1.165) is 31.6 Å². The van der Waals surface area contributed by atoms with Crippen molar-refractivity contribution in [1.29, 1.82) is 0 Å². The van der Waals surface area contributed by atoms with Crippen molar-refractivity contribution in [2.75, 3.05) is 19.6 Å². The molecule has 0 spiro atoms. The molecule has 0 saturated carbocycles. The lowest BCUT2D eigenvalue weighted by molar-refractivity contribution is -0.131. The minimum Gasteiger partial charge on any atom is -0.351 e. The molecule has 1 aromatic heterocycles. The standard InChI is InChI=1S/C19H24N4O2/c1-15-17(14-23(21-15)16-8-4-2-5-9-16)19(25)20-11-10-18(24)22-12-6-3-7-13-22/h2,4-5,8-9,14H,3,6-7,10-13H2,1H3,(H,20,25). The van der Waals surface area contributed by atoms with Gasteiger partial charge in [0.25, 0.3) is 5.91 Å². The van der Waals surface area contributed by atoms with Crippen molar-refractivity contribution in [3.8, 4) is 5.69 Å². The normalized spacial score (nSPS) is 14.4. The molecule has 25 heavy (non-hydrogen) atoms. The fourth-order valence-electron chi connectivity index (χ4n) is 3.08. The van der Waals surface area contributed by atoms with Crippen LogP contribution in [0.5, 0.6) is 0 Å². The summed E-state index contributed by atoms with van der Waals surface area (Å²) in [7, 11) is 0. The molecule has 1 aliphatic heterocycles. The van der Waals surface area contributed by atoms with Gasteiger partial charge in [0.15, 0.2) is 0 Å². The summed E-state index contributed by atoms with van der Waals surface area (Å²) < 4.78 is 1.70. The van der Waals surface area contributed by atoms with Crippen LogP contribution in [0.2, 0.25) is 0 Å². The number of amides is 2. The lowest BCUT2D eigenvalue weighted by Crippen LogP contribution is -2.37. The number of nitrogens with one attached hydrogen (secondary N) is 1. The number of likely N-dealkylation sites (tertiary alicyclic amines) is 1. The van der Waals surface area contributed by atoms with Crippen LogP contribution in [0.1, 0.15) is 41.7 Å². The van der Waals surface area contributed by atoms with Gasteiger partial charge in [0, 0.05) is 32.3 Å². The molecule has 3 rings (SSSR count). The first-order chi connectivity index (χ1) is 12.1. The Labute approximate surface area is 147 Å². The van der Waals surface area contributed by atoms with Gasteiger partial charge >= 0.3 is 0 Å². The lowest BCUT2D eigenvalue weighted by Gasteiger charge is -2.26. The van der Waals surface area contributed by atoms with Gasteiger partial charge in [-0.3, -0.25) is 9.59 Å². The Morgan fingerprint density at radius 3 is 2.56 bits per heavy atom. The third kappa shape index (κ3) is 4.26. The maximum Gasteiger partial charge on any atom is 0.254 e. The molecule has 0 bridgehead atoms. The predicted octanol–water partition coefficient (Wildman–Crippen LogP) is 2.31. The highest BCUT2D eigenvalue weighted by Gasteiger charge is 2.17. The van der Waals surface area contributed by atoms with Crippen LogP contribution >= 0.6 is 0 Å². The summed E-state index contributed by atoms with van der Waals surface area (Å²) >= 11 is 0. The van der Waals surface area contributed by atoms with E-state index < -0.39 is 0 Å². The SMILES string of the molecule is Cc1nn(-c2ccccc2)cc1C(=O)NCCC(=O)N1CCCCC1. The zero-order valence-electron chi connectivity index (χ0n) is 14.6. The van der Waals surface area contributed by atoms with E-state index in [9.17, 15) is 9.59 Å². The highest BCUT2D eigenvalue weighted by atomic mass is 16.2. The molecule has 1 saturated heterocycles. The quantitative estimate of drug-likeness (QED) is 0.908. The van der Waals surface area contributed by atoms with Gasteiger partial charge in [-0.25, -0.2) is 4.68 Å². The number of carbonyl (C=O) groups is 2. The van der Waals surface area contributed by atoms with E-state index >= 15 is 0 Å². The first kappa shape index (κ1) is 17.2. The topological polar surface area (TPSA) is 67.2 Å². The number of benzene rings is 1. The molecule has 1 fully saturated rings. The van der Waals surface area contributed by atoms with E-state index in [1.807, 2.05) is 42.2 Å². The van der Waals surface area contributed by atoms with Gasteiger partial charge < -0.3 is 10.2 Å². The molecule has 0 unspecified atom stereocenters. The maximum atomic E-state index is 12.4. The van der Waals surface area contributed by atoms with Gasteiger partial charge in [0.2, 0.25) is 5.91 Å². The molecule has 1 aliphatic rings. The van der Waals surface area contributed by atoms with E-state index in [1.165, 1.54) is 6.42 Å². The van der Waals surface area contributed by atoms with Crippen molar-refractivity contribution in [2.45, 2.75) is 32.6 Å². The van der Waals surface area contributed by atoms with Crippen LogP contribution in [-0.4, -0.2) is 46.1 Å². The number of nitrogens with zero attached hydrogens (tertiary/aromatic N) is 3. The third-order valence-electron chi connectivity index (χ3n) is 4.50. The molecule has 1 N–H and O–H groups in total. The molecule has 6 heteroatoms. The molecule has 0 radical (unpaired) electrons. The second-order valence-corrected chi connectivity index (χ2v) is 6.36. The molecule has 2 aromatic rings. The number of carbonyl (C=O) groups excluding carboxylic acids is 2. The van der Waals surface area contributed by atoms with Crippen LogP contribution in [0, 0.1) is 6.92 Å². The van der Waals surface area contributed by atoms with Crippen molar-refractivity contribution >= 4 is 11.8 Å². The smallest absolute Gasteiger partial charge is 0.254 e. The number of hydrogen-bond acceptors (Lipinski definition) is 3. The monoisotopic (exact) mass is 340 g/mol. The second kappa shape index (κ2) is 7.96. The van der Waals surface area contributed by atoms with Gasteiger partial charge in [-0.05, 0) is 38.3 Å². The van der Waals surface area contributed by atoms with Crippen molar-refractivity contribution in [2.24, 2.45) is 0 Å². The fraction of sp³-hybridized carbons (Fsp3) is 0.421.